The molecule has 0 saturated heterocycles. The first kappa shape index (κ1) is 43.4. The first-order valence-electron chi connectivity index (χ1n) is 22.9. The van der Waals surface area contributed by atoms with Crippen LogP contribution in [-0.2, 0) is 21.7 Å². The van der Waals surface area contributed by atoms with Crippen LogP contribution in [0.3, 0.4) is 0 Å². The van der Waals surface area contributed by atoms with Gasteiger partial charge in [-0.25, -0.2) is 9.69 Å². The van der Waals surface area contributed by atoms with Gasteiger partial charge in [0.05, 0.1) is 40.9 Å². The van der Waals surface area contributed by atoms with Crippen molar-refractivity contribution in [3.8, 4) is 33.6 Å². The van der Waals surface area contributed by atoms with Crippen molar-refractivity contribution in [1.82, 2.24) is 9.13 Å². The zero-order chi connectivity index (χ0) is 46.5. The molecule has 0 fully saturated rings. The summed E-state index contributed by atoms with van der Waals surface area (Å²) in [5.41, 5.74) is 16.8. The lowest BCUT2D eigenvalue weighted by molar-refractivity contribution is 0.590. The number of hydrogen-bond acceptors (Lipinski definition) is 0. The molecule has 0 spiro atoms. The maximum absolute atomic E-state index is 8.89. The van der Waals surface area contributed by atoms with Crippen molar-refractivity contribution < 1.29 is 0 Å². The van der Waals surface area contributed by atoms with Crippen LogP contribution < -0.4 is 0 Å². The lowest BCUT2D eigenvalue weighted by Gasteiger charge is -2.24. The predicted molar refractivity (Wildman–Crippen MR) is 278 cm³/mol. The van der Waals surface area contributed by atoms with Crippen LogP contribution >= 0.6 is 0 Å². The summed E-state index contributed by atoms with van der Waals surface area (Å²) in [5.74, 6) is 0. The third-order valence-corrected chi connectivity index (χ3v) is 13.5. The Morgan fingerprint density at radius 1 is 0.369 bits per heavy atom. The molecular weight excluding hydrogens is 789 g/mol. The normalized spacial score (nSPS) is 12.7. The van der Waals surface area contributed by atoms with E-state index in [-0.39, 0.29) is 21.7 Å². The molecule has 0 amide bonds. The van der Waals surface area contributed by atoms with Crippen molar-refractivity contribution in [2.75, 3.05) is 0 Å². The second kappa shape index (κ2) is 15.1. The number of nitrogens with zero attached hydrogens (tertiary/aromatic N) is 4. The lowest BCUT2D eigenvalue weighted by atomic mass is 9.85. The summed E-state index contributed by atoms with van der Waals surface area (Å²) in [6.07, 6.45) is 0. The zero-order valence-electron chi connectivity index (χ0n) is 40.4. The number of benzene rings is 7. The number of hydrogen-bond donors (Lipinski definition) is 0. The molecule has 0 aliphatic heterocycles. The van der Waals surface area contributed by atoms with Gasteiger partial charge in [-0.05, 0) is 123 Å². The minimum atomic E-state index is -0.0516. The minimum Gasteiger partial charge on any atom is -0.310 e. The molecule has 324 valence electrons. The van der Waals surface area contributed by atoms with Crippen molar-refractivity contribution >= 4 is 55.0 Å². The van der Waals surface area contributed by atoms with Gasteiger partial charge in [0.15, 0.2) is 11.4 Å². The van der Waals surface area contributed by atoms with Crippen LogP contribution in [0.25, 0.3) is 86.9 Å². The molecule has 9 aromatic rings. The van der Waals surface area contributed by atoms with E-state index >= 15 is 0 Å². The molecule has 9 rings (SSSR count). The lowest BCUT2D eigenvalue weighted by Crippen LogP contribution is -2.10. The first-order chi connectivity index (χ1) is 30.6. The third kappa shape index (κ3) is 7.31. The Hall–Kier alpha value is -6.88. The fraction of sp³-hybridized carbons (Fsp3) is 0.279. The fourth-order valence-electron chi connectivity index (χ4n) is 9.67. The SMILES string of the molecule is [C-]#[N+]c1cc(C)ccc1-c1cccc(-n2c3ccc(C(C)(C)C)cc3c3cc(C(C)(C)C)ccc32)c1-c1c([N+]#[C-])cccc1-n1c2ccc(C(C)(C)C)cc2c2cc(C(C)(C)C)ccc21. The van der Waals surface area contributed by atoms with Gasteiger partial charge in [-0.15, -0.1) is 0 Å². The second-order valence-corrected chi connectivity index (χ2v) is 22.2. The van der Waals surface area contributed by atoms with E-state index in [1.807, 2.05) is 25.1 Å². The van der Waals surface area contributed by atoms with E-state index in [1.165, 1.54) is 43.8 Å². The van der Waals surface area contributed by atoms with Crippen LogP contribution in [0.2, 0.25) is 0 Å². The highest BCUT2D eigenvalue weighted by molar-refractivity contribution is 6.13. The smallest absolute Gasteiger partial charge is 0.197 e. The molecule has 2 heterocycles. The minimum absolute atomic E-state index is 0.0501. The first-order valence-corrected chi connectivity index (χ1v) is 22.9. The van der Waals surface area contributed by atoms with E-state index in [0.717, 1.165) is 61.3 Å². The van der Waals surface area contributed by atoms with Crippen molar-refractivity contribution in [3.63, 3.8) is 0 Å². The Labute approximate surface area is 385 Å². The number of rotatable bonds is 4. The molecule has 0 aliphatic carbocycles. The molecule has 7 aromatic carbocycles. The topological polar surface area (TPSA) is 18.6 Å². The third-order valence-electron chi connectivity index (χ3n) is 13.5. The Bertz CT molecular complexity index is 3350. The number of fused-ring (bicyclic) bond motifs is 6. The molecule has 0 saturated carbocycles. The molecule has 0 bridgehead atoms. The van der Waals surface area contributed by atoms with Gasteiger partial charge in [0.1, 0.15) is 0 Å². The summed E-state index contributed by atoms with van der Waals surface area (Å²) >= 11 is 0. The maximum Gasteiger partial charge on any atom is 0.197 e. The van der Waals surface area contributed by atoms with Crippen LogP contribution in [-0.4, -0.2) is 9.13 Å². The van der Waals surface area contributed by atoms with E-state index in [1.54, 1.807) is 0 Å². The van der Waals surface area contributed by atoms with Gasteiger partial charge in [-0.1, -0.05) is 155 Å². The highest BCUT2D eigenvalue weighted by Gasteiger charge is 2.28. The second-order valence-electron chi connectivity index (χ2n) is 22.2. The van der Waals surface area contributed by atoms with E-state index in [9.17, 15) is 0 Å². The van der Waals surface area contributed by atoms with Crippen molar-refractivity contribution in [1.29, 1.82) is 0 Å². The quantitative estimate of drug-likeness (QED) is 0.157. The van der Waals surface area contributed by atoms with Gasteiger partial charge < -0.3 is 9.13 Å². The van der Waals surface area contributed by atoms with Crippen LogP contribution in [0.1, 0.15) is 111 Å². The standard InChI is InChI=1S/C61H60N4/c1-37-22-27-42(49(32-37)63-15)43-18-16-20-54(64-50-28-23-38(58(2,3)4)33-44(50)45-34-39(59(5,6)7)24-29-51(45)64)56(43)57-48(62-14)19-17-21-55(57)65-52-30-25-40(60(8,9)10)35-46(52)47-36-41(61(11,12)13)26-31-53(47)65/h16-36H,1-13H3. The number of aromatic nitrogens is 2. The fourth-order valence-corrected chi connectivity index (χ4v) is 9.67. The highest BCUT2D eigenvalue weighted by Crippen LogP contribution is 2.50. The molecule has 0 N–H and O–H groups in total. The summed E-state index contributed by atoms with van der Waals surface area (Å²) < 4.78 is 4.80. The molecule has 65 heavy (non-hydrogen) atoms. The summed E-state index contributed by atoms with van der Waals surface area (Å²) in [4.78, 5) is 8.48. The summed E-state index contributed by atoms with van der Waals surface area (Å²) in [5, 5.41) is 4.76. The monoisotopic (exact) mass is 848 g/mol. The molecule has 0 atom stereocenters. The average Bonchev–Trinajstić information content (AvgIpc) is 3.76. The van der Waals surface area contributed by atoms with Crippen LogP contribution in [0, 0.1) is 20.1 Å². The molecule has 2 aromatic heterocycles. The van der Waals surface area contributed by atoms with Crippen molar-refractivity contribution in [2.24, 2.45) is 0 Å². The van der Waals surface area contributed by atoms with Gasteiger partial charge in [0.25, 0.3) is 0 Å². The van der Waals surface area contributed by atoms with Gasteiger partial charge in [-0.2, -0.15) is 0 Å². The van der Waals surface area contributed by atoms with E-state index < -0.39 is 0 Å². The Kier molecular flexibility index (Phi) is 10.1. The highest BCUT2D eigenvalue weighted by atomic mass is 15.0. The Morgan fingerprint density at radius 2 is 0.738 bits per heavy atom. The zero-order valence-corrected chi connectivity index (χ0v) is 40.4. The van der Waals surface area contributed by atoms with Gasteiger partial charge in [-0.3, -0.25) is 0 Å². The molecular formula is C61H60N4. The van der Waals surface area contributed by atoms with Gasteiger partial charge in [0.2, 0.25) is 0 Å². The Morgan fingerprint density at radius 3 is 1.11 bits per heavy atom. The molecule has 0 radical (unpaired) electrons. The van der Waals surface area contributed by atoms with Crippen LogP contribution in [0.5, 0.6) is 0 Å². The predicted octanol–water partition coefficient (Wildman–Crippen LogP) is 17.8. The molecule has 4 nitrogen and oxygen atoms in total. The largest absolute Gasteiger partial charge is 0.310 e. The molecule has 0 aliphatic rings. The van der Waals surface area contributed by atoms with Crippen molar-refractivity contribution in [2.45, 2.75) is 112 Å². The van der Waals surface area contributed by atoms with Gasteiger partial charge >= 0.3 is 0 Å². The Balaban J connectivity index is 1.48. The van der Waals surface area contributed by atoms with Gasteiger partial charge in [0, 0.05) is 38.4 Å². The van der Waals surface area contributed by atoms with Crippen LogP contribution in [0.15, 0.2) is 127 Å². The van der Waals surface area contributed by atoms with E-state index in [2.05, 4.69) is 211 Å². The maximum atomic E-state index is 8.89. The summed E-state index contributed by atoms with van der Waals surface area (Å²) in [6, 6.07) is 46.5. The number of aryl methyl sites for hydroxylation is 1. The summed E-state index contributed by atoms with van der Waals surface area (Å²) in [6.45, 7) is 46.7. The van der Waals surface area contributed by atoms with Crippen LogP contribution in [0.4, 0.5) is 11.4 Å². The molecule has 0 unspecified atom stereocenters. The van der Waals surface area contributed by atoms with Crippen molar-refractivity contribution in [3.05, 3.63) is 178 Å². The van der Waals surface area contributed by atoms with E-state index in [0.29, 0.717) is 11.4 Å². The molecule has 4 heteroatoms. The average molecular weight is 849 g/mol. The van der Waals surface area contributed by atoms with E-state index in [4.69, 9.17) is 13.1 Å². The summed E-state index contributed by atoms with van der Waals surface area (Å²) in [7, 11) is 0.